The van der Waals surface area contributed by atoms with Gasteiger partial charge in [-0.3, -0.25) is 9.59 Å². The summed E-state index contributed by atoms with van der Waals surface area (Å²) >= 11 is 1.59. The van der Waals surface area contributed by atoms with Crippen LogP contribution >= 0.6 is 11.3 Å². The Labute approximate surface area is 130 Å². The quantitative estimate of drug-likeness (QED) is 0.732. The van der Waals surface area contributed by atoms with Gasteiger partial charge in [0.2, 0.25) is 5.91 Å². The first-order valence-electron chi connectivity index (χ1n) is 6.73. The fraction of sp³-hybridized carbons (Fsp3) is 0.200. The van der Waals surface area contributed by atoms with Gasteiger partial charge in [-0.15, -0.1) is 5.10 Å². The molecule has 6 nitrogen and oxygen atoms in total. The van der Waals surface area contributed by atoms with Crippen LogP contribution < -0.4 is 5.56 Å². The zero-order valence-electron chi connectivity index (χ0n) is 12.0. The molecular formula is C15H14N4O2S. The van der Waals surface area contributed by atoms with Gasteiger partial charge < -0.3 is 4.90 Å². The molecule has 0 spiro atoms. The average molecular weight is 314 g/mol. The molecule has 0 saturated carbocycles. The van der Waals surface area contributed by atoms with E-state index in [-0.39, 0.29) is 18.0 Å². The summed E-state index contributed by atoms with van der Waals surface area (Å²) in [6.45, 7) is 0.398. The molecule has 0 fully saturated rings. The van der Waals surface area contributed by atoms with Crippen molar-refractivity contribution in [3.05, 3.63) is 57.0 Å². The Balaban J connectivity index is 1.79. The van der Waals surface area contributed by atoms with Crippen molar-refractivity contribution in [2.45, 2.75) is 13.1 Å². The normalized spacial score (nSPS) is 10.8. The highest BCUT2D eigenvalue weighted by atomic mass is 32.1. The highest BCUT2D eigenvalue weighted by Gasteiger charge is 2.13. The fourth-order valence-corrected chi connectivity index (χ4v) is 2.78. The van der Waals surface area contributed by atoms with E-state index in [1.807, 2.05) is 16.8 Å². The van der Waals surface area contributed by atoms with E-state index in [0.29, 0.717) is 17.4 Å². The topological polar surface area (TPSA) is 68.1 Å². The van der Waals surface area contributed by atoms with Gasteiger partial charge in [0.05, 0.1) is 5.39 Å². The number of hydrogen-bond acceptors (Lipinski definition) is 5. The Hall–Kier alpha value is -2.54. The molecule has 22 heavy (non-hydrogen) atoms. The van der Waals surface area contributed by atoms with Gasteiger partial charge in [-0.25, -0.2) is 4.68 Å². The van der Waals surface area contributed by atoms with Crippen LogP contribution in [0.25, 0.3) is 10.9 Å². The first-order valence-corrected chi connectivity index (χ1v) is 7.67. The molecule has 0 unspecified atom stereocenters. The standard InChI is InChI=1S/C15H14N4O2S/c1-18(8-11-6-7-22-10-11)14(20)9-19-15(21)12-4-2-3-5-13(12)16-17-19/h2-7,10H,8-9H2,1H3. The fourth-order valence-electron chi connectivity index (χ4n) is 2.12. The Morgan fingerprint density at radius 2 is 2.14 bits per heavy atom. The summed E-state index contributed by atoms with van der Waals surface area (Å²) in [5, 5.41) is 12.2. The van der Waals surface area contributed by atoms with Crippen molar-refractivity contribution in [1.29, 1.82) is 0 Å². The molecule has 0 saturated heterocycles. The molecule has 3 aromatic rings. The third kappa shape index (κ3) is 2.89. The summed E-state index contributed by atoms with van der Waals surface area (Å²) in [5.41, 5.74) is 1.29. The second kappa shape index (κ2) is 6.07. The van der Waals surface area contributed by atoms with E-state index >= 15 is 0 Å². The minimum atomic E-state index is -0.303. The predicted molar refractivity (Wildman–Crippen MR) is 84.6 cm³/mol. The summed E-state index contributed by atoms with van der Waals surface area (Å²) in [6.07, 6.45) is 0. The van der Waals surface area contributed by atoms with E-state index < -0.39 is 0 Å². The monoisotopic (exact) mass is 314 g/mol. The number of rotatable bonds is 4. The van der Waals surface area contributed by atoms with Gasteiger partial charge in [-0.2, -0.15) is 11.3 Å². The minimum Gasteiger partial charge on any atom is -0.340 e. The first-order chi connectivity index (χ1) is 10.6. The molecule has 3 rings (SSSR count). The van der Waals surface area contributed by atoms with Gasteiger partial charge in [0.1, 0.15) is 12.1 Å². The van der Waals surface area contributed by atoms with Gasteiger partial charge in [-0.1, -0.05) is 17.3 Å². The Bertz CT molecular complexity index is 857. The number of benzene rings is 1. The van der Waals surface area contributed by atoms with E-state index in [9.17, 15) is 9.59 Å². The first kappa shape index (κ1) is 14.4. The number of amides is 1. The van der Waals surface area contributed by atoms with Crippen LogP contribution in [0.3, 0.4) is 0 Å². The lowest BCUT2D eigenvalue weighted by Gasteiger charge is -2.16. The average Bonchev–Trinajstić information content (AvgIpc) is 3.03. The number of likely N-dealkylation sites (N-methyl/N-ethyl adjacent to an activating group) is 1. The van der Waals surface area contributed by atoms with Gasteiger partial charge in [0, 0.05) is 13.6 Å². The van der Waals surface area contributed by atoms with Crippen LogP contribution in [0.5, 0.6) is 0 Å². The number of hydrogen-bond donors (Lipinski definition) is 0. The maximum Gasteiger partial charge on any atom is 0.278 e. The lowest BCUT2D eigenvalue weighted by Crippen LogP contribution is -2.35. The molecule has 0 N–H and O–H groups in total. The summed E-state index contributed by atoms with van der Waals surface area (Å²) in [6, 6.07) is 8.93. The molecular weight excluding hydrogens is 300 g/mol. The Morgan fingerprint density at radius 3 is 2.91 bits per heavy atom. The number of thiophene rings is 1. The van der Waals surface area contributed by atoms with E-state index in [0.717, 1.165) is 10.2 Å². The van der Waals surface area contributed by atoms with Gasteiger partial charge >= 0.3 is 0 Å². The van der Waals surface area contributed by atoms with E-state index in [2.05, 4.69) is 10.3 Å². The van der Waals surface area contributed by atoms with Gasteiger partial charge in [0.15, 0.2) is 0 Å². The van der Waals surface area contributed by atoms with Crippen LogP contribution in [0, 0.1) is 0 Å². The maximum atomic E-state index is 12.3. The van der Waals surface area contributed by atoms with Gasteiger partial charge in [-0.05, 0) is 34.5 Å². The Kier molecular flexibility index (Phi) is 3.97. The molecule has 1 amide bonds. The number of nitrogens with zero attached hydrogens (tertiary/aromatic N) is 4. The molecule has 0 aliphatic rings. The molecule has 1 aromatic carbocycles. The third-order valence-corrected chi connectivity index (χ3v) is 4.07. The SMILES string of the molecule is CN(Cc1ccsc1)C(=O)Cn1nnc2ccccc2c1=O. The Morgan fingerprint density at radius 1 is 1.32 bits per heavy atom. The zero-order chi connectivity index (χ0) is 15.5. The zero-order valence-corrected chi connectivity index (χ0v) is 12.8. The smallest absolute Gasteiger partial charge is 0.278 e. The summed E-state index contributed by atoms with van der Waals surface area (Å²) in [5.74, 6) is -0.183. The summed E-state index contributed by atoms with van der Waals surface area (Å²) in [7, 11) is 1.71. The molecule has 0 aliphatic carbocycles. The van der Waals surface area contributed by atoms with Crippen molar-refractivity contribution < 1.29 is 4.79 Å². The van der Waals surface area contributed by atoms with Crippen LogP contribution in [-0.4, -0.2) is 32.8 Å². The van der Waals surface area contributed by atoms with Crippen molar-refractivity contribution in [3.8, 4) is 0 Å². The number of carbonyl (C=O) groups excluding carboxylic acids is 1. The van der Waals surface area contributed by atoms with Crippen LogP contribution in [0.2, 0.25) is 0 Å². The molecule has 0 atom stereocenters. The second-order valence-electron chi connectivity index (χ2n) is 4.95. The van der Waals surface area contributed by atoms with Crippen LogP contribution in [0.15, 0.2) is 45.9 Å². The molecule has 0 radical (unpaired) electrons. The predicted octanol–water partition coefficient (Wildman–Crippen LogP) is 1.51. The number of aromatic nitrogens is 3. The second-order valence-corrected chi connectivity index (χ2v) is 5.73. The van der Waals surface area contributed by atoms with Crippen molar-refractivity contribution in [1.82, 2.24) is 19.9 Å². The van der Waals surface area contributed by atoms with E-state index in [1.165, 1.54) is 0 Å². The van der Waals surface area contributed by atoms with Crippen LogP contribution in [0.1, 0.15) is 5.56 Å². The van der Waals surface area contributed by atoms with Gasteiger partial charge in [0.25, 0.3) is 5.56 Å². The lowest BCUT2D eigenvalue weighted by molar-refractivity contribution is -0.131. The van der Waals surface area contributed by atoms with Crippen molar-refractivity contribution in [2.24, 2.45) is 0 Å². The van der Waals surface area contributed by atoms with E-state index in [1.54, 1.807) is 47.5 Å². The highest BCUT2D eigenvalue weighted by molar-refractivity contribution is 7.07. The lowest BCUT2D eigenvalue weighted by atomic mass is 10.2. The number of fused-ring (bicyclic) bond motifs is 1. The molecule has 112 valence electrons. The molecule has 0 bridgehead atoms. The van der Waals surface area contributed by atoms with Crippen molar-refractivity contribution in [2.75, 3.05) is 7.05 Å². The largest absolute Gasteiger partial charge is 0.340 e. The van der Waals surface area contributed by atoms with Crippen LogP contribution in [-0.2, 0) is 17.9 Å². The van der Waals surface area contributed by atoms with Crippen molar-refractivity contribution >= 4 is 28.1 Å². The molecule has 7 heteroatoms. The third-order valence-electron chi connectivity index (χ3n) is 3.34. The maximum absolute atomic E-state index is 12.3. The van der Waals surface area contributed by atoms with Crippen LogP contribution in [0.4, 0.5) is 0 Å². The molecule has 2 heterocycles. The summed E-state index contributed by atoms with van der Waals surface area (Å²) < 4.78 is 1.11. The molecule has 0 aliphatic heterocycles. The summed E-state index contributed by atoms with van der Waals surface area (Å²) in [4.78, 5) is 26.1. The van der Waals surface area contributed by atoms with E-state index in [4.69, 9.17) is 0 Å². The number of carbonyl (C=O) groups is 1. The molecule has 2 aromatic heterocycles. The highest BCUT2D eigenvalue weighted by Crippen LogP contribution is 2.09. The minimum absolute atomic E-state index is 0.114. The van der Waals surface area contributed by atoms with Crippen molar-refractivity contribution in [3.63, 3.8) is 0 Å².